The van der Waals surface area contributed by atoms with Crippen molar-refractivity contribution in [2.24, 2.45) is 10.1 Å². The quantitative estimate of drug-likeness (QED) is 0.482. The zero-order chi connectivity index (χ0) is 22.7. The minimum Gasteiger partial charge on any atom is -0.462 e. The van der Waals surface area contributed by atoms with Crippen LogP contribution in [0.1, 0.15) is 66.8 Å². The Bertz CT molecular complexity index is 988. The van der Waals surface area contributed by atoms with Gasteiger partial charge in [0, 0.05) is 17.8 Å². The molecule has 0 saturated heterocycles. The van der Waals surface area contributed by atoms with Gasteiger partial charge in [0.1, 0.15) is 5.00 Å². The van der Waals surface area contributed by atoms with Crippen molar-refractivity contribution < 1.29 is 19.1 Å². The summed E-state index contributed by atoms with van der Waals surface area (Å²) in [4.78, 5) is 42.7. The highest BCUT2D eigenvalue weighted by Crippen LogP contribution is 2.39. The molecule has 0 aromatic carbocycles. The van der Waals surface area contributed by atoms with Crippen molar-refractivity contribution in [3.8, 4) is 0 Å². The van der Waals surface area contributed by atoms with Crippen molar-refractivity contribution in [2.75, 3.05) is 18.5 Å². The number of carbonyl (C=O) groups excluding carboxylic acids is 3. The number of anilines is 1. The van der Waals surface area contributed by atoms with Gasteiger partial charge in [-0.25, -0.2) is 9.80 Å². The molecule has 3 heterocycles. The van der Waals surface area contributed by atoms with E-state index in [-0.39, 0.29) is 17.8 Å². The lowest BCUT2D eigenvalue weighted by Crippen LogP contribution is -2.24. The first-order chi connectivity index (χ1) is 15.5. The third-order valence-corrected chi connectivity index (χ3v) is 8.70. The predicted octanol–water partition coefficient (Wildman–Crippen LogP) is 4.25. The second-order valence-electron chi connectivity index (χ2n) is 7.72. The molecule has 4 rings (SSSR count). The van der Waals surface area contributed by atoms with Gasteiger partial charge in [-0.1, -0.05) is 18.2 Å². The summed E-state index contributed by atoms with van der Waals surface area (Å²) in [6.07, 6.45) is 6.19. The second kappa shape index (κ2) is 10.4. The van der Waals surface area contributed by atoms with E-state index in [4.69, 9.17) is 4.74 Å². The Kier molecular flexibility index (Phi) is 7.57. The van der Waals surface area contributed by atoms with Crippen LogP contribution in [-0.4, -0.2) is 50.7 Å². The molecule has 0 saturated carbocycles. The number of hydrogen-bond donors (Lipinski definition) is 1. The number of nitrogens with zero attached hydrogens (tertiary/aromatic N) is 3. The lowest BCUT2D eigenvalue weighted by atomic mass is 10.1. The number of amides is 2. The normalized spacial score (nSPS) is 19.2. The minimum atomic E-state index is -0.432. The first-order valence-electron chi connectivity index (χ1n) is 10.9. The summed E-state index contributed by atoms with van der Waals surface area (Å²) in [6, 6.07) is 0. The summed E-state index contributed by atoms with van der Waals surface area (Å²) >= 11 is 4.14. The molecular formula is C21H26N4O4S3. The summed E-state index contributed by atoms with van der Waals surface area (Å²) < 4.78 is 5.99. The number of esters is 1. The van der Waals surface area contributed by atoms with Crippen molar-refractivity contribution in [2.45, 2.75) is 64.0 Å². The highest BCUT2D eigenvalue weighted by atomic mass is 32.2. The molecule has 2 amide bonds. The Balaban J connectivity index is 1.47. The van der Waals surface area contributed by atoms with Gasteiger partial charge in [-0.15, -0.1) is 11.3 Å². The van der Waals surface area contributed by atoms with Gasteiger partial charge in [-0.2, -0.15) is 10.1 Å². The summed E-state index contributed by atoms with van der Waals surface area (Å²) in [7, 11) is 0. The topological polar surface area (TPSA) is 100 Å². The molecule has 0 radical (unpaired) electrons. The number of aliphatic imine (C=N–C) groups is 1. The van der Waals surface area contributed by atoms with E-state index in [2.05, 4.69) is 15.4 Å². The van der Waals surface area contributed by atoms with E-state index >= 15 is 0 Å². The SMILES string of the molecule is CCOC(=O)c1c(NC(=O)C(C)SC2=NN3CCCC(=O)N=C3S2)sc2c1CCCCC2. The van der Waals surface area contributed by atoms with E-state index in [1.807, 2.05) is 6.92 Å². The fraction of sp³-hybridized carbons (Fsp3) is 0.571. The second-order valence-corrected chi connectivity index (χ2v) is 11.4. The Morgan fingerprint density at radius 2 is 2.03 bits per heavy atom. The lowest BCUT2D eigenvalue weighted by molar-refractivity contribution is -0.118. The third-order valence-electron chi connectivity index (χ3n) is 5.37. The maximum Gasteiger partial charge on any atom is 0.341 e. The number of carbonyl (C=O) groups is 3. The van der Waals surface area contributed by atoms with Gasteiger partial charge in [0.05, 0.1) is 17.4 Å². The van der Waals surface area contributed by atoms with Crippen LogP contribution in [-0.2, 0) is 27.2 Å². The van der Waals surface area contributed by atoms with Gasteiger partial charge in [0.25, 0.3) is 0 Å². The largest absolute Gasteiger partial charge is 0.462 e. The number of thiophene rings is 1. The molecule has 3 aliphatic rings. The van der Waals surface area contributed by atoms with Gasteiger partial charge in [0.15, 0.2) is 9.54 Å². The zero-order valence-corrected chi connectivity index (χ0v) is 20.6. The molecular weight excluding hydrogens is 468 g/mol. The molecule has 0 spiro atoms. The number of rotatable bonds is 5. The van der Waals surface area contributed by atoms with Crippen molar-refractivity contribution in [1.82, 2.24) is 5.01 Å². The van der Waals surface area contributed by atoms with Crippen LogP contribution in [0.4, 0.5) is 5.00 Å². The molecule has 1 unspecified atom stereocenters. The molecule has 1 atom stereocenters. The Morgan fingerprint density at radius 3 is 2.84 bits per heavy atom. The highest BCUT2D eigenvalue weighted by molar-refractivity contribution is 8.45. The first kappa shape index (κ1) is 23.3. The van der Waals surface area contributed by atoms with Gasteiger partial charge in [-0.3, -0.25) is 9.59 Å². The van der Waals surface area contributed by atoms with E-state index in [0.717, 1.165) is 37.7 Å². The van der Waals surface area contributed by atoms with Crippen molar-refractivity contribution in [3.63, 3.8) is 0 Å². The number of nitrogens with one attached hydrogen (secondary N) is 1. The number of fused-ring (bicyclic) bond motifs is 2. The van der Waals surface area contributed by atoms with Gasteiger partial charge < -0.3 is 10.1 Å². The third kappa shape index (κ3) is 5.20. The van der Waals surface area contributed by atoms with E-state index in [1.165, 1.54) is 39.7 Å². The molecule has 32 heavy (non-hydrogen) atoms. The number of thioether (sulfide) groups is 2. The molecule has 1 aromatic rings. The standard InChI is InChI=1S/C21H26N4O4S3/c1-3-29-19(28)16-13-8-5-4-6-9-14(13)31-18(16)23-17(27)12(2)30-21-24-25-11-7-10-15(26)22-20(25)32-21/h12H,3-11H2,1-2H3,(H,23,27). The fourth-order valence-electron chi connectivity index (χ4n) is 3.78. The number of hydrogen-bond acceptors (Lipinski definition) is 9. The van der Waals surface area contributed by atoms with Crippen molar-refractivity contribution in [3.05, 3.63) is 16.0 Å². The average molecular weight is 495 g/mol. The van der Waals surface area contributed by atoms with Crippen LogP contribution in [0.2, 0.25) is 0 Å². The van der Waals surface area contributed by atoms with Gasteiger partial charge >= 0.3 is 5.97 Å². The van der Waals surface area contributed by atoms with Crippen LogP contribution in [0.15, 0.2) is 10.1 Å². The minimum absolute atomic E-state index is 0.133. The first-order valence-corrected chi connectivity index (χ1v) is 13.4. The number of hydrazone groups is 1. The smallest absolute Gasteiger partial charge is 0.341 e. The zero-order valence-electron chi connectivity index (χ0n) is 18.1. The van der Waals surface area contributed by atoms with E-state index in [9.17, 15) is 14.4 Å². The fourth-order valence-corrected chi connectivity index (χ4v) is 7.20. The maximum atomic E-state index is 13.0. The Morgan fingerprint density at radius 1 is 1.22 bits per heavy atom. The van der Waals surface area contributed by atoms with Gasteiger partial charge in [0.2, 0.25) is 11.8 Å². The Hall–Kier alpha value is -1.85. The summed E-state index contributed by atoms with van der Waals surface area (Å²) in [6.45, 7) is 4.53. The van der Waals surface area contributed by atoms with Gasteiger partial charge in [-0.05, 0) is 63.3 Å². The number of amidine groups is 1. The Labute approximate surface area is 199 Å². The van der Waals surface area contributed by atoms with E-state index < -0.39 is 5.25 Å². The molecule has 2 aliphatic heterocycles. The van der Waals surface area contributed by atoms with E-state index in [0.29, 0.717) is 46.1 Å². The maximum absolute atomic E-state index is 13.0. The molecule has 0 fully saturated rings. The van der Waals surface area contributed by atoms with Crippen LogP contribution < -0.4 is 5.32 Å². The summed E-state index contributed by atoms with van der Waals surface area (Å²) in [5.41, 5.74) is 1.56. The van der Waals surface area contributed by atoms with Crippen LogP contribution >= 0.6 is 34.9 Å². The van der Waals surface area contributed by atoms with Crippen molar-refractivity contribution >= 4 is 67.2 Å². The number of ether oxygens (including phenoxy) is 1. The van der Waals surface area contributed by atoms with E-state index in [1.54, 1.807) is 11.9 Å². The number of aryl methyl sites for hydroxylation is 1. The average Bonchev–Trinajstić information content (AvgIpc) is 3.11. The van der Waals surface area contributed by atoms with Crippen LogP contribution in [0.25, 0.3) is 0 Å². The highest BCUT2D eigenvalue weighted by Gasteiger charge is 2.31. The van der Waals surface area contributed by atoms with Crippen molar-refractivity contribution in [1.29, 1.82) is 0 Å². The van der Waals surface area contributed by atoms with Crippen LogP contribution in [0, 0.1) is 0 Å². The molecule has 11 heteroatoms. The molecule has 1 N–H and O–H groups in total. The summed E-state index contributed by atoms with van der Waals surface area (Å²) in [5.74, 6) is -0.694. The molecule has 0 bridgehead atoms. The molecule has 172 valence electrons. The monoisotopic (exact) mass is 494 g/mol. The predicted molar refractivity (Wildman–Crippen MR) is 131 cm³/mol. The summed E-state index contributed by atoms with van der Waals surface area (Å²) in [5, 5.41) is 9.95. The molecule has 8 nitrogen and oxygen atoms in total. The van der Waals surface area contributed by atoms with Crippen LogP contribution in [0.3, 0.4) is 0 Å². The molecule has 1 aromatic heterocycles. The lowest BCUT2D eigenvalue weighted by Gasteiger charge is -2.12. The molecule has 1 aliphatic carbocycles. The van der Waals surface area contributed by atoms with Crippen LogP contribution in [0.5, 0.6) is 0 Å².